The first-order chi connectivity index (χ1) is 9.55. The predicted octanol–water partition coefficient (Wildman–Crippen LogP) is 1.64. The van der Waals surface area contributed by atoms with Gasteiger partial charge in [-0.1, -0.05) is 0 Å². The molecule has 1 saturated heterocycles. The summed E-state index contributed by atoms with van der Waals surface area (Å²) in [6.45, 7) is 5.58. The molecule has 1 aliphatic carbocycles. The fraction of sp³-hybridized carbons (Fsp3) is 0.933. The Labute approximate surface area is 121 Å². The second-order valence-electron chi connectivity index (χ2n) is 6.21. The lowest BCUT2D eigenvalue weighted by Crippen LogP contribution is -2.53. The normalized spacial score (nSPS) is 33.8. The van der Waals surface area contributed by atoms with E-state index >= 15 is 0 Å². The lowest BCUT2D eigenvalue weighted by Gasteiger charge is -2.30. The predicted molar refractivity (Wildman–Crippen MR) is 75.6 cm³/mol. The van der Waals surface area contributed by atoms with E-state index in [0.29, 0.717) is 13.0 Å². The number of esters is 1. The van der Waals surface area contributed by atoms with Gasteiger partial charge in [-0.15, -0.1) is 0 Å². The minimum Gasteiger partial charge on any atom is -0.468 e. The zero-order valence-electron chi connectivity index (χ0n) is 12.8. The molecule has 0 aromatic heterocycles. The van der Waals surface area contributed by atoms with Crippen LogP contribution in [-0.2, 0) is 19.0 Å². The van der Waals surface area contributed by atoms with Gasteiger partial charge in [0.2, 0.25) is 0 Å². The van der Waals surface area contributed by atoms with Crippen molar-refractivity contribution in [2.75, 3.05) is 20.3 Å². The fourth-order valence-corrected chi connectivity index (χ4v) is 3.28. The molecule has 116 valence electrons. The second kappa shape index (κ2) is 6.87. The maximum absolute atomic E-state index is 12.1. The molecule has 5 heteroatoms. The SMILES string of the molecule is COC(=O)C1(NC(C)C)CCC(OCC2CCCO2)C1. The van der Waals surface area contributed by atoms with Crippen molar-refractivity contribution < 1.29 is 19.0 Å². The van der Waals surface area contributed by atoms with Gasteiger partial charge in [-0.2, -0.15) is 0 Å². The molecule has 20 heavy (non-hydrogen) atoms. The van der Waals surface area contributed by atoms with Crippen molar-refractivity contribution in [2.45, 2.75) is 69.7 Å². The van der Waals surface area contributed by atoms with Gasteiger partial charge in [0.1, 0.15) is 5.54 Å². The van der Waals surface area contributed by atoms with Crippen LogP contribution >= 0.6 is 0 Å². The summed E-state index contributed by atoms with van der Waals surface area (Å²) in [5.74, 6) is -0.172. The van der Waals surface area contributed by atoms with Gasteiger partial charge in [0, 0.05) is 19.1 Å². The minimum atomic E-state index is -0.579. The molecule has 2 fully saturated rings. The highest BCUT2D eigenvalue weighted by molar-refractivity contribution is 5.81. The van der Waals surface area contributed by atoms with E-state index in [1.54, 1.807) is 0 Å². The van der Waals surface area contributed by atoms with Crippen LogP contribution in [0.5, 0.6) is 0 Å². The van der Waals surface area contributed by atoms with Crippen LogP contribution in [0.2, 0.25) is 0 Å². The van der Waals surface area contributed by atoms with Gasteiger partial charge in [0.25, 0.3) is 0 Å². The summed E-state index contributed by atoms with van der Waals surface area (Å²) in [5, 5.41) is 3.38. The third-order valence-corrected chi connectivity index (χ3v) is 4.15. The Hall–Kier alpha value is -0.650. The first-order valence-corrected chi connectivity index (χ1v) is 7.65. The number of nitrogens with one attached hydrogen (secondary N) is 1. The minimum absolute atomic E-state index is 0.115. The van der Waals surface area contributed by atoms with Gasteiger partial charge in [-0.05, 0) is 39.5 Å². The Morgan fingerprint density at radius 3 is 2.85 bits per heavy atom. The monoisotopic (exact) mass is 285 g/mol. The third kappa shape index (κ3) is 3.71. The van der Waals surface area contributed by atoms with Gasteiger partial charge in [-0.3, -0.25) is 10.1 Å². The summed E-state index contributed by atoms with van der Waals surface area (Å²) in [7, 11) is 1.45. The molecule has 1 N–H and O–H groups in total. The number of methoxy groups -OCH3 is 1. The van der Waals surface area contributed by atoms with Gasteiger partial charge >= 0.3 is 5.97 Å². The molecular formula is C15H27NO4. The van der Waals surface area contributed by atoms with Crippen LogP contribution in [0.25, 0.3) is 0 Å². The highest BCUT2D eigenvalue weighted by Gasteiger charge is 2.47. The fourth-order valence-electron chi connectivity index (χ4n) is 3.28. The van der Waals surface area contributed by atoms with Gasteiger partial charge in [0.15, 0.2) is 0 Å². The molecule has 0 aromatic carbocycles. The molecule has 1 heterocycles. The van der Waals surface area contributed by atoms with Crippen LogP contribution in [-0.4, -0.2) is 50.1 Å². The molecular weight excluding hydrogens is 258 g/mol. The smallest absolute Gasteiger partial charge is 0.326 e. The topological polar surface area (TPSA) is 56.8 Å². The molecule has 3 atom stereocenters. The molecule has 1 saturated carbocycles. The van der Waals surface area contributed by atoms with Crippen LogP contribution in [0.1, 0.15) is 46.0 Å². The summed E-state index contributed by atoms with van der Waals surface area (Å²) >= 11 is 0. The van der Waals surface area contributed by atoms with Crippen molar-refractivity contribution in [1.29, 1.82) is 0 Å². The molecule has 2 aliphatic rings. The van der Waals surface area contributed by atoms with E-state index < -0.39 is 5.54 Å². The van der Waals surface area contributed by atoms with E-state index in [2.05, 4.69) is 5.32 Å². The van der Waals surface area contributed by atoms with Gasteiger partial charge in [-0.25, -0.2) is 0 Å². The molecule has 5 nitrogen and oxygen atoms in total. The van der Waals surface area contributed by atoms with E-state index in [1.807, 2.05) is 13.8 Å². The zero-order valence-corrected chi connectivity index (χ0v) is 12.8. The van der Waals surface area contributed by atoms with E-state index in [4.69, 9.17) is 14.2 Å². The van der Waals surface area contributed by atoms with Crippen molar-refractivity contribution in [3.8, 4) is 0 Å². The van der Waals surface area contributed by atoms with Gasteiger partial charge < -0.3 is 14.2 Å². The summed E-state index contributed by atoms with van der Waals surface area (Å²) in [6.07, 6.45) is 4.91. The third-order valence-electron chi connectivity index (χ3n) is 4.15. The van der Waals surface area contributed by atoms with E-state index in [0.717, 1.165) is 32.3 Å². The van der Waals surface area contributed by atoms with Crippen molar-refractivity contribution in [3.05, 3.63) is 0 Å². The molecule has 0 bridgehead atoms. The first-order valence-electron chi connectivity index (χ1n) is 7.65. The number of ether oxygens (including phenoxy) is 3. The molecule has 0 spiro atoms. The lowest BCUT2D eigenvalue weighted by atomic mass is 9.96. The van der Waals surface area contributed by atoms with Crippen molar-refractivity contribution in [3.63, 3.8) is 0 Å². The van der Waals surface area contributed by atoms with Crippen LogP contribution in [0.15, 0.2) is 0 Å². The highest BCUT2D eigenvalue weighted by atomic mass is 16.5. The number of hydrogen-bond donors (Lipinski definition) is 1. The number of carbonyl (C=O) groups is 1. The molecule has 0 aromatic rings. The van der Waals surface area contributed by atoms with E-state index in [1.165, 1.54) is 7.11 Å². The molecule has 2 rings (SSSR count). The van der Waals surface area contributed by atoms with Crippen molar-refractivity contribution >= 4 is 5.97 Å². The Bertz CT molecular complexity index is 328. The molecule has 0 amide bonds. The summed E-state index contributed by atoms with van der Waals surface area (Å²) in [6, 6.07) is 0.242. The molecule has 1 aliphatic heterocycles. The molecule has 0 radical (unpaired) electrons. The Kier molecular flexibility index (Phi) is 5.41. The van der Waals surface area contributed by atoms with E-state index in [9.17, 15) is 4.79 Å². The Morgan fingerprint density at radius 1 is 1.45 bits per heavy atom. The Balaban J connectivity index is 1.87. The number of rotatable bonds is 6. The molecule has 3 unspecified atom stereocenters. The van der Waals surface area contributed by atoms with Crippen molar-refractivity contribution in [1.82, 2.24) is 5.32 Å². The van der Waals surface area contributed by atoms with Crippen LogP contribution in [0.4, 0.5) is 0 Å². The highest BCUT2D eigenvalue weighted by Crippen LogP contribution is 2.34. The lowest BCUT2D eigenvalue weighted by molar-refractivity contribution is -0.149. The summed E-state index contributed by atoms with van der Waals surface area (Å²) in [4.78, 5) is 12.1. The average molecular weight is 285 g/mol. The number of carbonyl (C=O) groups excluding carboxylic acids is 1. The summed E-state index contributed by atoms with van der Waals surface area (Å²) < 4.78 is 16.5. The number of hydrogen-bond acceptors (Lipinski definition) is 5. The maximum Gasteiger partial charge on any atom is 0.326 e. The van der Waals surface area contributed by atoms with Crippen LogP contribution in [0.3, 0.4) is 0 Å². The second-order valence-corrected chi connectivity index (χ2v) is 6.21. The maximum atomic E-state index is 12.1. The van der Waals surface area contributed by atoms with Crippen LogP contribution < -0.4 is 5.32 Å². The first kappa shape index (κ1) is 15.7. The summed E-state index contributed by atoms with van der Waals surface area (Å²) in [5.41, 5.74) is -0.579. The van der Waals surface area contributed by atoms with Gasteiger partial charge in [0.05, 0.1) is 25.9 Å². The zero-order chi connectivity index (χ0) is 14.6. The van der Waals surface area contributed by atoms with Crippen LogP contribution in [0, 0.1) is 0 Å². The van der Waals surface area contributed by atoms with E-state index in [-0.39, 0.29) is 24.2 Å². The largest absolute Gasteiger partial charge is 0.468 e. The quantitative estimate of drug-likeness (QED) is 0.752. The Morgan fingerprint density at radius 2 is 2.25 bits per heavy atom. The standard InChI is InChI=1S/C15H27NO4/c1-11(2)16-15(14(17)18-3)7-6-12(9-15)20-10-13-5-4-8-19-13/h11-13,16H,4-10H2,1-3H3. The average Bonchev–Trinajstić information content (AvgIpc) is 3.05. The van der Waals surface area contributed by atoms with Crippen molar-refractivity contribution in [2.24, 2.45) is 0 Å².